The lowest BCUT2D eigenvalue weighted by Crippen LogP contribution is -2.30. The first-order valence-corrected chi connectivity index (χ1v) is 11.2. The first-order valence-electron chi connectivity index (χ1n) is 10.3. The summed E-state index contributed by atoms with van der Waals surface area (Å²) in [5.41, 5.74) is 4.98. The average molecular weight is 452 g/mol. The van der Waals surface area contributed by atoms with Crippen molar-refractivity contribution in [2.45, 2.75) is 27.2 Å². The van der Waals surface area contributed by atoms with Crippen molar-refractivity contribution in [1.82, 2.24) is 24.5 Å². The maximum Gasteiger partial charge on any atom is 0.268 e. The number of fused-ring (bicyclic) bond motifs is 1. The predicted octanol–water partition coefficient (Wildman–Crippen LogP) is 2.84. The van der Waals surface area contributed by atoms with Gasteiger partial charge in [-0.05, 0) is 44.5 Å². The molecule has 3 aromatic heterocycles. The summed E-state index contributed by atoms with van der Waals surface area (Å²) in [6.07, 6.45) is 0.0879. The molecule has 9 heteroatoms. The minimum Gasteiger partial charge on any atom is -0.383 e. The van der Waals surface area contributed by atoms with Crippen molar-refractivity contribution in [1.29, 1.82) is 0 Å². The third-order valence-electron chi connectivity index (χ3n) is 5.18. The Balaban J connectivity index is 1.75. The van der Waals surface area contributed by atoms with E-state index in [0.717, 1.165) is 16.9 Å². The summed E-state index contributed by atoms with van der Waals surface area (Å²) in [5.74, 6) is -0.171. The number of aromatic nitrogens is 4. The van der Waals surface area contributed by atoms with E-state index >= 15 is 0 Å². The van der Waals surface area contributed by atoms with Gasteiger partial charge in [-0.2, -0.15) is 5.10 Å². The molecule has 1 N–H and O–H groups in total. The molecule has 0 saturated carbocycles. The van der Waals surface area contributed by atoms with Crippen LogP contribution < -0.4 is 10.9 Å². The van der Waals surface area contributed by atoms with E-state index in [1.165, 1.54) is 15.7 Å². The molecule has 0 aliphatic carbocycles. The lowest BCUT2D eigenvalue weighted by molar-refractivity contribution is -0.120. The van der Waals surface area contributed by atoms with Crippen LogP contribution in [0, 0.1) is 20.8 Å². The Morgan fingerprint density at radius 2 is 2.03 bits per heavy atom. The van der Waals surface area contributed by atoms with Crippen LogP contribution in [0.25, 0.3) is 21.9 Å². The van der Waals surface area contributed by atoms with Crippen molar-refractivity contribution in [3.63, 3.8) is 0 Å². The minimum absolute atomic E-state index is 0.0879. The molecule has 0 saturated heterocycles. The van der Waals surface area contributed by atoms with Gasteiger partial charge in [0.2, 0.25) is 5.91 Å². The van der Waals surface area contributed by atoms with Crippen molar-refractivity contribution in [2.75, 3.05) is 20.3 Å². The zero-order valence-corrected chi connectivity index (χ0v) is 19.3. The van der Waals surface area contributed by atoms with Crippen LogP contribution in [0.4, 0.5) is 0 Å². The summed E-state index contributed by atoms with van der Waals surface area (Å²) in [7, 11) is 1.58. The van der Waals surface area contributed by atoms with Gasteiger partial charge >= 0.3 is 0 Å². The zero-order chi connectivity index (χ0) is 22.8. The molecule has 0 radical (unpaired) electrons. The molecule has 0 fully saturated rings. The molecule has 4 rings (SSSR count). The number of hydrogen-bond donors (Lipinski definition) is 1. The van der Waals surface area contributed by atoms with Gasteiger partial charge < -0.3 is 10.1 Å². The highest BCUT2D eigenvalue weighted by Crippen LogP contribution is 2.23. The van der Waals surface area contributed by atoms with Crippen molar-refractivity contribution in [3.05, 3.63) is 68.7 Å². The third kappa shape index (κ3) is 4.21. The summed E-state index contributed by atoms with van der Waals surface area (Å²) in [4.78, 5) is 31.0. The Morgan fingerprint density at radius 1 is 1.22 bits per heavy atom. The third-order valence-corrected chi connectivity index (χ3v) is 6.06. The van der Waals surface area contributed by atoms with Crippen LogP contribution in [-0.4, -0.2) is 45.3 Å². The quantitative estimate of drug-likeness (QED) is 0.437. The normalized spacial score (nSPS) is 11.2. The summed E-state index contributed by atoms with van der Waals surface area (Å²) in [6, 6.07) is 9.93. The fourth-order valence-corrected chi connectivity index (χ4v) is 4.59. The van der Waals surface area contributed by atoms with Gasteiger partial charge in [0.1, 0.15) is 5.69 Å². The number of benzene rings is 1. The lowest BCUT2D eigenvalue weighted by Gasteiger charge is -2.07. The smallest absolute Gasteiger partial charge is 0.268 e. The number of nitrogens with zero attached hydrogens (tertiary/aromatic N) is 4. The molecule has 0 aliphatic heterocycles. The fourth-order valence-electron chi connectivity index (χ4n) is 3.66. The maximum atomic E-state index is 13.5. The number of carbonyl (C=O) groups excluding carboxylic acids is 1. The van der Waals surface area contributed by atoms with E-state index in [0.29, 0.717) is 40.8 Å². The number of methoxy groups -OCH3 is 1. The number of carbonyl (C=O) groups is 1. The second kappa shape index (κ2) is 9.05. The predicted molar refractivity (Wildman–Crippen MR) is 125 cm³/mol. The average Bonchev–Trinajstić information content (AvgIpc) is 3.31. The summed E-state index contributed by atoms with van der Waals surface area (Å²) < 4.78 is 8.30. The Kier molecular flexibility index (Phi) is 6.20. The van der Waals surface area contributed by atoms with Crippen molar-refractivity contribution in [2.24, 2.45) is 0 Å². The van der Waals surface area contributed by atoms with E-state index in [1.807, 2.05) is 55.8 Å². The Bertz CT molecular complexity index is 1350. The Labute approximate surface area is 189 Å². The lowest BCUT2D eigenvalue weighted by atomic mass is 10.1. The van der Waals surface area contributed by atoms with E-state index in [1.54, 1.807) is 12.5 Å². The second-order valence-corrected chi connectivity index (χ2v) is 8.50. The Morgan fingerprint density at radius 3 is 2.78 bits per heavy atom. The first-order chi connectivity index (χ1) is 15.4. The number of hydrogen-bond acceptors (Lipinski definition) is 6. The first kappa shape index (κ1) is 21.9. The van der Waals surface area contributed by atoms with E-state index in [-0.39, 0.29) is 17.9 Å². The minimum atomic E-state index is -0.220. The molecule has 0 unspecified atom stereocenters. The van der Waals surface area contributed by atoms with Crippen molar-refractivity contribution in [3.8, 4) is 16.9 Å². The molecule has 0 aliphatic rings. The summed E-state index contributed by atoms with van der Waals surface area (Å²) in [5, 5.41) is 9.31. The molecule has 3 heterocycles. The molecule has 0 atom stereocenters. The largest absolute Gasteiger partial charge is 0.383 e. The SMILES string of the molecule is COCCNC(=O)Cc1csc2nc(C)c(-c3cc(C)n(-c4cccc(C)c4)n3)c(=O)n12. The van der Waals surface area contributed by atoms with Gasteiger partial charge in [0.15, 0.2) is 4.96 Å². The molecule has 1 amide bonds. The highest BCUT2D eigenvalue weighted by Gasteiger charge is 2.20. The van der Waals surface area contributed by atoms with Gasteiger partial charge in [0.05, 0.1) is 30.0 Å². The molecule has 4 aromatic rings. The van der Waals surface area contributed by atoms with E-state index in [2.05, 4.69) is 10.3 Å². The van der Waals surface area contributed by atoms with Crippen molar-refractivity contribution >= 4 is 22.2 Å². The molecule has 0 bridgehead atoms. The van der Waals surface area contributed by atoms with Crippen LogP contribution in [0.5, 0.6) is 0 Å². The molecule has 0 spiro atoms. The monoisotopic (exact) mass is 451 g/mol. The molecular formula is C23H25N5O3S. The second-order valence-electron chi connectivity index (χ2n) is 7.66. The molecule has 166 valence electrons. The highest BCUT2D eigenvalue weighted by molar-refractivity contribution is 7.15. The Hall–Kier alpha value is -3.30. The van der Waals surface area contributed by atoms with E-state index < -0.39 is 0 Å². The van der Waals surface area contributed by atoms with Gasteiger partial charge in [0.25, 0.3) is 5.56 Å². The number of ether oxygens (including phenoxy) is 1. The van der Waals surface area contributed by atoms with Crippen molar-refractivity contribution < 1.29 is 9.53 Å². The number of thiazole rings is 1. The van der Waals surface area contributed by atoms with Crippen LogP contribution in [0.1, 0.15) is 22.6 Å². The van der Waals surface area contributed by atoms with Gasteiger partial charge in [-0.1, -0.05) is 12.1 Å². The van der Waals surface area contributed by atoms with Crippen LogP contribution in [0.3, 0.4) is 0 Å². The topological polar surface area (TPSA) is 90.5 Å². The number of nitrogens with one attached hydrogen (secondary N) is 1. The standard InChI is InChI=1S/C23H25N5O3S/c1-14-6-5-7-17(10-14)28-15(2)11-19(26-28)21-16(3)25-23-27(22(21)30)18(13-32-23)12-20(29)24-8-9-31-4/h5-7,10-11,13H,8-9,12H2,1-4H3,(H,24,29). The van der Waals surface area contributed by atoms with Gasteiger partial charge in [0, 0.05) is 30.4 Å². The zero-order valence-electron chi connectivity index (χ0n) is 18.5. The molecule has 1 aromatic carbocycles. The van der Waals surface area contributed by atoms with E-state index in [9.17, 15) is 9.59 Å². The fraction of sp³-hybridized carbons (Fsp3) is 0.304. The van der Waals surface area contributed by atoms with Crippen LogP contribution in [-0.2, 0) is 16.0 Å². The molecule has 8 nitrogen and oxygen atoms in total. The molecular weight excluding hydrogens is 426 g/mol. The highest BCUT2D eigenvalue weighted by atomic mass is 32.1. The van der Waals surface area contributed by atoms with Gasteiger partial charge in [-0.3, -0.25) is 14.0 Å². The summed E-state index contributed by atoms with van der Waals surface area (Å²) >= 11 is 1.34. The molecule has 32 heavy (non-hydrogen) atoms. The number of aryl methyl sites for hydroxylation is 3. The van der Waals surface area contributed by atoms with Gasteiger partial charge in [-0.25, -0.2) is 9.67 Å². The number of amides is 1. The van der Waals surface area contributed by atoms with Gasteiger partial charge in [-0.15, -0.1) is 11.3 Å². The van der Waals surface area contributed by atoms with Crippen LogP contribution in [0.2, 0.25) is 0 Å². The number of rotatable bonds is 7. The summed E-state index contributed by atoms with van der Waals surface area (Å²) in [6.45, 7) is 6.66. The van der Waals surface area contributed by atoms with E-state index in [4.69, 9.17) is 9.84 Å². The maximum absolute atomic E-state index is 13.5. The van der Waals surface area contributed by atoms with Crippen LogP contribution >= 0.6 is 11.3 Å². The van der Waals surface area contributed by atoms with Crippen LogP contribution in [0.15, 0.2) is 40.5 Å².